The number of halogens is 2. The monoisotopic (exact) mass is 530 g/mol. The Labute approximate surface area is 223 Å². The highest BCUT2D eigenvalue weighted by Gasteiger charge is 2.22. The minimum Gasteiger partial charge on any atom is -0.456 e. The Morgan fingerprint density at radius 1 is 1.00 bits per heavy atom. The molecule has 0 radical (unpaired) electrons. The second-order valence-corrected chi connectivity index (χ2v) is 10.1. The number of ether oxygens (including phenoxy) is 1. The second kappa shape index (κ2) is 10.1. The van der Waals surface area contributed by atoms with E-state index >= 15 is 0 Å². The predicted molar refractivity (Wildman–Crippen MR) is 146 cm³/mol. The van der Waals surface area contributed by atoms with E-state index in [-0.39, 0.29) is 11.1 Å². The number of rotatable bonds is 5. The average Bonchev–Trinajstić information content (AvgIpc) is 3.30. The highest BCUT2D eigenvalue weighted by Crippen LogP contribution is 2.29. The molecule has 0 bridgehead atoms. The summed E-state index contributed by atoms with van der Waals surface area (Å²) in [5.41, 5.74) is 2.03. The number of benzene rings is 2. The van der Waals surface area contributed by atoms with Crippen LogP contribution in [0.4, 0.5) is 20.7 Å². The van der Waals surface area contributed by atoms with Crippen LogP contribution in [0.1, 0.15) is 26.5 Å². The fraction of sp³-hybridized carbons (Fsp3) is 0.143. The van der Waals surface area contributed by atoms with Crippen molar-refractivity contribution in [1.29, 1.82) is 0 Å². The number of nitrogens with one attached hydrogen (secondary N) is 2. The molecule has 0 atom stereocenters. The van der Waals surface area contributed by atoms with E-state index in [9.17, 15) is 9.18 Å². The smallest absolute Gasteiger partial charge is 0.324 e. The number of fused-ring (bicyclic) bond motifs is 1. The molecule has 5 rings (SSSR count). The van der Waals surface area contributed by atoms with Crippen molar-refractivity contribution < 1.29 is 13.9 Å². The summed E-state index contributed by atoms with van der Waals surface area (Å²) in [4.78, 5) is 21.3. The van der Waals surface area contributed by atoms with Gasteiger partial charge in [0.05, 0.1) is 33.8 Å². The molecule has 0 aliphatic rings. The fourth-order valence-electron chi connectivity index (χ4n) is 3.75. The Bertz CT molecular complexity index is 1650. The van der Waals surface area contributed by atoms with Crippen molar-refractivity contribution in [1.82, 2.24) is 19.7 Å². The van der Waals surface area contributed by atoms with Crippen LogP contribution >= 0.6 is 11.6 Å². The normalized spacial score (nSPS) is 11.4. The molecule has 8 nitrogen and oxygen atoms in total. The number of hydrogen-bond donors (Lipinski definition) is 2. The number of carbonyl (C=O) groups excluding carboxylic acids is 1. The van der Waals surface area contributed by atoms with Crippen molar-refractivity contribution in [3.8, 4) is 17.2 Å². The molecular weight excluding hydrogens is 507 g/mol. The lowest BCUT2D eigenvalue weighted by Crippen LogP contribution is -2.22. The van der Waals surface area contributed by atoms with Crippen molar-refractivity contribution in [3.63, 3.8) is 0 Å². The summed E-state index contributed by atoms with van der Waals surface area (Å²) in [5, 5.41) is 11.4. The van der Waals surface area contributed by atoms with Crippen LogP contribution in [0.25, 0.3) is 16.6 Å². The number of carbonyl (C=O) groups is 1. The topological polar surface area (TPSA) is 94.0 Å². The molecule has 3 aromatic heterocycles. The van der Waals surface area contributed by atoms with Gasteiger partial charge in [0.2, 0.25) is 0 Å². The zero-order chi connectivity index (χ0) is 26.9. The molecule has 3 heterocycles. The van der Waals surface area contributed by atoms with E-state index in [2.05, 4.69) is 20.6 Å². The summed E-state index contributed by atoms with van der Waals surface area (Å²) < 4.78 is 21.9. The maximum absolute atomic E-state index is 14.6. The molecule has 0 aliphatic heterocycles. The van der Waals surface area contributed by atoms with E-state index in [1.54, 1.807) is 23.0 Å². The summed E-state index contributed by atoms with van der Waals surface area (Å²) in [6.07, 6.45) is 4.68. The van der Waals surface area contributed by atoms with Gasteiger partial charge in [-0.25, -0.2) is 13.9 Å². The highest BCUT2D eigenvalue weighted by molar-refractivity contribution is 6.30. The van der Waals surface area contributed by atoms with E-state index < -0.39 is 11.8 Å². The van der Waals surface area contributed by atoms with Crippen molar-refractivity contribution in [2.24, 2.45) is 0 Å². The third-order valence-electron chi connectivity index (χ3n) is 5.65. The molecule has 0 saturated carbocycles. The van der Waals surface area contributed by atoms with E-state index in [1.807, 2.05) is 51.1 Å². The van der Waals surface area contributed by atoms with Gasteiger partial charge in [-0.2, -0.15) is 5.10 Å². The van der Waals surface area contributed by atoms with Crippen molar-refractivity contribution in [2.75, 3.05) is 10.6 Å². The largest absolute Gasteiger partial charge is 0.456 e. The van der Waals surface area contributed by atoms with Crippen molar-refractivity contribution in [3.05, 3.63) is 95.8 Å². The summed E-state index contributed by atoms with van der Waals surface area (Å²) in [7, 11) is 0. The van der Waals surface area contributed by atoms with Crippen molar-refractivity contribution in [2.45, 2.75) is 26.2 Å². The third-order valence-corrected chi connectivity index (χ3v) is 5.86. The number of pyridine rings is 2. The maximum Gasteiger partial charge on any atom is 0.324 e. The molecule has 192 valence electrons. The van der Waals surface area contributed by atoms with Crippen LogP contribution in [0.15, 0.2) is 79.3 Å². The zero-order valence-corrected chi connectivity index (χ0v) is 21.6. The van der Waals surface area contributed by atoms with E-state index in [0.717, 1.165) is 22.3 Å². The number of amides is 2. The van der Waals surface area contributed by atoms with Crippen LogP contribution < -0.4 is 15.4 Å². The average molecular weight is 531 g/mol. The molecule has 0 saturated heterocycles. The Balaban J connectivity index is 1.41. The molecule has 0 spiro atoms. The highest BCUT2D eigenvalue weighted by atomic mass is 35.5. The molecule has 2 aromatic carbocycles. The van der Waals surface area contributed by atoms with Gasteiger partial charge in [0.1, 0.15) is 23.1 Å². The number of anilines is 2. The lowest BCUT2D eigenvalue weighted by atomic mass is 9.92. The number of hydrogen-bond acceptors (Lipinski definition) is 5. The Morgan fingerprint density at radius 3 is 2.63 bits per heavy atom. The quantitative estimate of drug-likeness (QED) is 0.248. The molecule has 2 N–H and O–H groups in total. The number of nitrogens with zero attached hydrogens (tertiary/aromatic N) is 4. The van der Waals surface area contributed by atoms with Crippen LogP contribution in [0.2, 0.25) is 5.02 Å². The van der Waals surface area contributed by atoms with Gasteiger partial charge in [0.25, 0.3) is 0 Å². The van der Waals surface area contributed by atoms with Gasteiger partial charge < -0.3 is 10.1 Å². The maximum atomic E-state index is 14.6. The molecular formula is C28H24ClFN6O2. The van der Waals surface area contributed by atoms with Gasteiger partial charge >= 0.3 is 6.03 Å². The molecule has 0 aliphatic carbocycles. The Morgan fingerprint density at radius 2 is 1.84 bits per heavy atom. The van der Waals surface area contributed by atoms with Crippen LogP contribution in [0.5, 0.6) is 11.5 Å². The predicted octanol–water partition coefficient (Wildman–Crippen LogP) is 7.34. The van der Waals surface area contributed by atoms with Gasteiger partial charge in [-0.15, -0.1) is 0 Å². The first-order valence-corrected chi connectivity index (χ1v) is 12.2. The summed E-state index contributed by atoms with van der Waals surface area (Å²) >= 11 is 5.95. The van der Waals surface area contributed by atoms with E-state index in [1.165, 1.54) is 30.6 Å². The molecule has 0 unspecified atom stereocenters. The summed E-state index contributed by atoms with van der Waals surface area (Å²) in [6.45, 7) is 6.10. The van der Waals surface area contributed by atoms with Crippen LogP contribution in [-0.4, -0.2) is 25.8 Å². The number of urea groups is 1. The van der Waals surface area contributed by atoms with Crippen LogP contribution in [0.3, 0.4) is 0 Å². The first-order chi connectivity index (χ1) is 18.2. The molecule has 10 heteroatoms. The zero-order valence-electron chi connectivity index (χ0n) is 20.9. The Hall–Kier alpha value is -4.50. The number of aromatic nitrogens is 4. The van der Waals surface area contributed by atoms with Crippen LogP contribution in [0, 0.1) is 5.82 Å². The van der Waals surface area contributed by atoms with Gasteiger partial charge in [-0.05, 0) is 36.4 Å². The molecule has 0 fully saturated rings. The van der Waals surface area contributed by atoms with Crippen LogP contribution in [-0.2, 0) is 5.41 Å². The third kappa shape index (κ3) is 5.57. The van der Waals surface area contributed by atoms with Gasteiger partial charge in [0, 0.05) is 41.4 Å². The SMILES string of the molecule is CC(C)(C)c1cc(NC(=O)Nc2cc(Oc3cncc(Cl)c3)ccc2F)n(-c2ccc3ncccc3c2)n1. The van der Waals surface area contributed by atoms with Gasteiger partial charge in [-0.3, -0.25) is 15.3 Å². The summed E-state index contributed by atoms with van der Waals surface area (Å²) in [6, 6.07) is 16.3. The fourth-order valence-corrected chi connectivity index (χ4v) is 3.91. The lowest BCUT2D eigenvalue weighted by Gasteiger charge is -2.14. The standard InChI is InChI=1S/C28H24ClFN6O2/c1-28(2,3)25-14-26(36(35-25)19-6-9-23-17(11-19)5-4-10-32-23)34-27(37)33-24-13-20(7-8-22(24)30)38-21-12-18(29)15-31-16-21/h4-16H,1-3H3,(H2,33,34,37). The minimum absolute atomic E-state index is 0.0612. The minimum atomic E-state index is -0.644. The lowest BCUT2D eigenvalue weighted by molar-refractivity contribution is 0.262. The summed E-state index contributed by atoms with van der Waals surface area (Å²) in [5.74, 6) is 0.482. The van der Waals surface area contributed by atoms with Gasteiger partial charge in [0.15, 0.2) is 0 Å². The van der Waals surface area contributed by atoms with E-state index in [4.69, 9.17) is 21.4 Å². The first kappa shape index (κ1) is 25.2. The Kier molecular flexibility index (Phi) is 6.69. The molecule has 5 aromatic rings. The molecule has 2 amide bonds. The first-order valence-electron chi connectivity index (χ1n) is 11.8. The second-order valence-electron chi connectivity index (χ2n) is 9.62. The van der Waals surface area contributed by atoms with E-state index in [0.29, 0.717) is 22.3 Å². The van der Waals surface area contributed by atoms with Crippen molar-refractivity contribution >= 4 is 40.0 Å². The van der Waals surface area contributed by atoms with Gasteiger partial charge in [-0.1, -0.05) is 38.4 Å². The molecule has 38 heavy (non-hydrogen) atoms.